The molecule has 1 fully saturated rings. The summed E-state index contributed by atoms with van der Waals surface area (Å²) >= 11 is 1.98. The van der Waals surface area contributed by atoms with Crippen LogP contribution in [0, 0.1) is 10.1 Å². The van der Waals surface area contributed by atoms with Gasteiger partial charge in [-0.2, -0.15) is 16.9 Å². The van der Waals surface area contributed by atoms with Crippen molar-refractivity contribution in [2.45, 2.75) is 6.54 Å². The van der Waals surface area contributed by atoms with Crippen LogP contribution in [0.3, 0.4) is 0 Å². The van der Waals surface area contributed by atoms with E-state index in [1.807, 2.05) is 30.0 Å². The number of non-ortho nitro benzene ring substituents is 1. The number of hydrogen-bond acceptors (Lipinski definition) is 6. The summed E-state index contributed by atoms with van der Waals surface area (Å²) < 4.78 is 1.52. The van der Waals surface area contributed by atoms with Gasteiger partial charge in [0.2, 0.25) is 0 Å². The summed E-state index contributed by atoms with van der Waals surface area (Å²) in [6.45, 7) is 3.04. The molecule has 3 aromatic rings. The molecule has 1 saturated heterocycles. The van der Waals surface area contributed by atoms with Gasteiger partial charge in [0.05, 0.1) is 10.6 Å². The Bertz CT molecular complexity index is 1040. The van der Waals surface area contributed by atoms with Crippen molar-refractivity contribution in [1.29, 1.82) is 0 Å². The summed E-state index contributed by atoms with van der Waals surface area (Å²) in [5.74, 6) is 2.02. The predicted octanol–water partition coefficient (Wildman–Crippen LogP) is 3.58. The van der Waals surface area contributed by atoms with Gasteiger partial charge in [-0.15, -0.1) is 0 Å². The number of rotatable bonds is 6. The van der Waals surface area contributed by atoms with E-state index >= 15 is 0 Å². The maximum atomic E-state index is 12.6. The second-order valence-corrected chi connectivity index (χ2v) is 8.19. The first kappa shape index (κ1) is 20.1. The molecule has 9 heteroatoms. The van der Waals surface area contributed by atoms with Crippen molar-refractivity contribution in [1.82, 2.24) is 14.7 Å². The molecule has 4 rings (SSSR count). The van der Waals surface area contributed by atoms with E-state index < -0.39 is 4.92 Å². The van der Waals surface area contributed by atoms with E-state index in [2.05, 4.69) is 21.4 Å². The number of amides is 1. The topological polar surface area (TPSA) is 93.3 Å². The second-order valence-electron chi connectivity index (χ2n) is 6.96. The van der Waals surface area contributed by atoms with Gasteiger partial charge in [-0.3, -0.25) is 19.8 Å². The van der Waals surface area contributed by atoms with Crippen molar-refractivity contribution >= 4 is 29.0 Å². The van der Waals surface area contributed by atoms with Crippen molar-refractivity contribution in [3.05, 3.63) is 82.2 Å². The fourth-order valence-corrected chi connectivity index (χ4v) is 4.25. The second kappa shape index (κ2) is 9.10. The van der Waals surface area contributed by atoms with Crippen LogP contribution >= 0.6 is 11.8 Å². The first-order valence-corrected chi connectivity index (χ1v) is 10.7. The van der Waals surface area contributed by atoms with Crippen LogP contribution < -0.4 is 5.32 Å². The van der Waals surface area contributed by atoms with Gasteiger partial charge in [0.25, 0.3) is 11.6 Å². The molecule has 0 radical (unpaired) electrons. The number of anilines is 1. The molecule has 1 N–H and O–H groups in total. The molecule has 1 amide bonds. The summed E-state index contributed by atoms with van der Waals surface area (Å²) in [5, 5.41) is 18.0. The highest BCUT2D eigenvalue weighted by Gasteiger charge is 2.14. The number of aromatic nitrogens is 2. The van der Waals surface area contributed by atoms with Gasteiger partial charge in [-0.05, 0) is 35.9 Å². The Morgan fingerprint density at radius 3 is 2.63 bits per heavy atom. The molecular weight excluding hydrogens is 402 g/mol. The molecule has 8 nitrogen and oxygen atoms in total. The van der Waals surface area contributed by atoms with E-state index in [1.165, 1.54) is 16.8 Å². The Balaban J connectivity index is 1.42. The molecule has 0 saturated carbocycles. The summed E-state index contributed by atoms with van der Waals surface area (Å²) in [7, 11) is 0. The number of hydrogen-bond donors (Lipinski definition) is 1. The van der Waals surface area contributed by atoms with Gasteiger partial charge in [0, 0.05) is 55.2 Å². The average Bonchev–Trinajstić information content (AvgIpc) is 3.25. The van der Waals surface area contributed by atoms with E-state index in [0.717, 1.165) is 42.4 Å². The average molecular weight is 423 g/mol. The summed E-state index contributed by atoms with van der Waals surface area (Å²) in [5.41, 5.74) is 2.81. The Hall–Kier alpha value is -3.17. The third kappa shape index (κ3) is 4.87. The number of benzene rings is 2. The van der Waals surface area contributed by atoms with E-state index in [-0.39, 0.29) is 17.3 Å². The summed E-state index contributed by atoms with van der Waals surface area (Å²) in [6, 6.07) is 15.5. The van der Waals surface area contributed by atoms with E-state index in [4.69, 9.17) is 0 Å². The van der Waals surface area contributed by atoms with E-state index in [1.54, 1.807) is 24.4 Å². The third-order valence-electron chi connectivity index (χ3n) is 4.84. The molecule has 0 bridgehead atoms. The lowest BCUT2D eigenvalue weighted by atomic mass is 10.2. The standard InChI is InChI=1S/C21H21N5O3S/c27-21(20-8-9-25(23-20)18-4-6-19(7-5-18)26(28)29)22-17-3-1-2-16(14-17)15-24-10-12-30-13-11-24/h1-9,14H,10-13,15H2,(H,22,27). The van der Waals surface area contributed by atoms with E-state index in [9.17, 15) is 14.9 Å². The van der Waals surface area contributed by atoms with Gasteiger partial charge in [0.1, 0.15) is 0 Å². The minimum atomic E-state index is -0.454. The molecule has 1 aliphatic heterocycles. The molecular formula is C21H21N5O3S. The molecule has 0 atom stereocenters. The van der Waals surface area contributed by atoms with Crippen molar-refractivity contribution in [2.75, 3.05) is 29.9 Å². The van der Waals surface area contributed by atoms with Crippen LogP contribution in [0.2, 0.25) is 0 Å². The monoisotopic (exact) mass is 423 g/mol. The Morgan fingerprint density at radius 2 is 1.90 bits per heavy atom. The third-order valence-corrected chi connectivity index (χ3v) is 5.78. The van der Waals surface area contributed by atoms with E-state index in [0.29, 0.717) is 5.69 Å². The number of carbonyl (C=O) groups is 1. The smallest absolute Gasteiger partial charge is 0.276 e. The zero-order valence-corrected chi connectivity index (χ0v) is 17.0. The Kier molecular flexibility index (Phi) is 6.10. The molecule has 154 valence electrons. The number of nitrogens with zero attached hydrogens (tertiary/aromatic N) is 4. The molecule has 30 heavy (non-hydrogen) atoms. The maximum Gasteiger partial charge on any atom is 0.276 e. The quantitative estimate of drug-likeness (QED) is 0.481. The summed E-state index contributed by atoms with van der Waals surface area (Å²) in [6.07, 6.45) is 1.65. The predicted molar refractivity (Wildman–Crippen MR) is 117 cm³/mol. The normalized spacial score (nSPS) is 14.4. The molecule has 0 aliphatic carbocycles. The van der Waals surface area contributed by atoms with Gasteiger partial charge < -0.3 is 5.32 Å². The molecule has 2 aromatic carbocycles. The molecule has 0 spiro atoms. The van der Waals surface area contributed by atoms with Gasteiger partial charge >= 0.3 is 0 Å². The maximum absolute atomic E-state index is 12.6. The molecule has 1 aromatic heterocycles. The Labute approximate surface area is 178 Å². The summed E-state index contributed by atoms with van der Waals surface area (Å²) in [4.78, 5) is 25.4. The van der Waals surface area contributed by atoms with Crippen molar-refractivity contribution < 1.29 is 9.72 Å². The largest absolute Gasteiger partial charge is 0.321 e. The number of thioether (sulfide) groups is 1. The fraction of sp³-hybridized carbons (Fsp3) is 0.238. The van der Waals surface area contributed by atoms with Crippen molar-refractivity contribution in [2.24, 2.45) is 0 Å². The van der Waals surface area contributed by atoms with Crippen LogP contribution in [-0.4, -0.2) is 50.1 Å². The zero-order valence-electron chi connectivity index (χ0n) is 16.2. The lowest BCUT2D eigenvalue weighted by Gasteiger charge is -2.26. The van der Waals surface area contributed by atoms with Gasteiger partial charge in [-0.25, -0.2) is 4.68 Å². The highest BCUT2D eigenvalue weighted by molar-refractivity contribution is 7.99. The lowest BCUT2D eigenvalue weighted by molar-refractivity contribution is -0.384. The lowest BCUT2D eigenvalue weighted by Crippen LogP contribution is -2.31. The van der Waals surface area contributed by atoms with Gasteiger partial charge in [0.15, 0.2) is 5.69 Å². The van der Waals surface area contributed by atoms with Crippen LogP contribution in [0.5, 0.6) is 0 Å². The number of nitro benzene ring substituents is 1. The van der Waals surface area contributed by atoms with Crippen molar-refractivity contribution in [3.63, 3.8) is 0 Å². The first-order valence-electron chi connectivity index (χ1n) is 9.59. The van der Waals surface area contributed by atoms with Crippen LogP contribution in [0.4, 0.5) is 11.4 Å². The fourth-order valence-electron chi connectivity index (χ4n) is 3.28. The zero-order chi connectivity index (χ0) is 20.9. The Morgan fingerprint density at radius 1 is 1.13 bits per heavy atom. The van der Waals surface area contributed by atoms with Crippen molar-refractivity contribution in [3.8, 4) is 5.69 Å². The molecule has 2 heterocycles. The minimum Gasteiger partial charge on any atom is -0.321 e. The number of carbonyl (C=O) groups excluding carboxylic acids is 1. The van der Waals surface area contributed by atoms with Crippen LogP contribution in [-0.2, 0) is 6.54 Å². The minimum absolute atomic E-state index is 0.00654. The highest BCUT2D eigenvalue weighted by atomic mass is 32.2. The molecule has 1 aliphatic rings. The number of nitro groups is 1. The molecule has 0 unspecified atom stereocenters. The highest BCUT2D eigenvalue weighted by Crippen LogP contribution is 2.18. The van der Waals surface area contributed by atoms with Crippen LogP contribution in [0.15, 0.2) is 60.8 Å². The van der Waals surface area contributed by atoms with Gasteiger partial charge in [-0.1, -0.05) is 12.1 Å². The SMILES string of the molecule is O=C(Nc1cccc(CN2CCSCC2)c1)c1ccn(-c2ccc([N+](=O)[O-])cc2)n1. The number of nitrogens with one attached hydrogen (secondary N) is 1. The van der Waals surface area contributed by atoms with Crippen LogP contribution in [0.25, 0.3) is 5.69 Å². The first-order chi connectivity index (χ1) is 14.6. The van der Waals surface area contributed by atoms with Crippen LogP contribution in [0.1, 0.15) is 16.1 Å².